The fourth-order valence-electron chi connectivity index (χ4n) is 1.81. The maximum Gasteiger partial charge on any atom is 0.191 e. The van der Waals surface area contributed by atoms with E-state index < -0.39 is 0 Å². The van der Waals surface area contributed by atoms with Crippen LogP contribution in [0.2, 0.25) is 0 Å². The molecule has 0 saturated carbocycles. The van der Waals surface area contributed by atoms with Crippen molar-refractivity contribution in [1.29, 1.82) is 0 Å². The lowest BCUT2D eigenvalue weighted by atomic mass is 10.1. The third kappa shape index (κ3) is 8.93. The van der Waals surface area contributed by atoms with Gasteiger partial charge in [-0.15, -0.1) is 24.0 Å². The maximum atomic E-state index is 5.10. The van der Waals surface area contributed by atoms with Crippen LogP contribution in [0.4, 0.5) is 0 Å². The summed E-state index contributed by atoms with van der Waals surface area (Å²) in [7, 11) is 3.51. The van der Waals surface area contributed by atoms with Gasteiger partial charge in [0, 0.05) is 27.2 Å². The van der Waals surface area contributed by atoms with Crippen LogP contribution < -0.4 is 10.6 Å². The van der Waals surface area contributed by atoms with E-state index in [9.17, 15) is 0 Å². The normalized spacial score (nSPS) is 11.2. The molecule has 0 saturated heterocycles. The first-order valence-electron chi connectivity index (χ1n) is 7.17. The highest BCUT2D eigenvalue weighted by atomic mass is 127. The fourth-order valence-corrected chi connectivity index (χ4v) is 1.81. The lowest BCUT2D eigenvalue weighted by Crippen LogP contribution is -2.37. The zero-order valence-electron chi connectivity index (χ0n) is 13.5. The SMILES string of the molecule is CN=C(NCCC(C)C)NCc1ccc(COC)cc1.I. The van der Waals surface area contributed by atoms with Gasteiger partial charge in [-0.3, -0.25) is 4.99 Å². The smallest absolute Gasteiger partial charge is 0.191 e. The molecule has 0 bridgehead atoms. The Bertz CT molecular complexity index is 404. The fraction of sp³-hybridized carbons (Fsp3) is 0.562. The molecule has 0 radical (unpaired) electrons. The second-order valence-corrected chi connectivity index (χ2v) is 5.28. The summed E-state index contributed by atoms with van der Waals surface area (Å²) in [4.78, 5) is 4.22. The molecule has 2 N–H and O–H groups in total. The number of methoxy groups -OCH3 is 1. The molecule has 1 aromatic rings. The molecular weight excluding hydrogens is 377 g/mol. The molecule has 0 heterocycles. The Balaban J connectivity index is 0.00000400. The van der Waals surface area contributed by atoms with Crippen molar-refractivity contribution in [2.45, 2.75) is 33.4 Å². The van der Waals surface area contributed by atoms with Gasteiger partial charge >= 0.3 is 0 Å². The van der Waals surface area contributed by atoms with Crippen LogP contribution in [0.15, 0.2) is 29.3 Å². The van der Waals surface area contributed by atoms with Crippen molar-refractivity contribution in [3.63, 3.8) is 0 Å². The molecule has 1 aromatic carbocycles. The van der Waals surface area contributed by atoms with Crippen LogP contribution in [0.5, 0.6) is 0 Å². The molecule has 0 amide bonds. The Hall–Kier alpha value is -0.820. The van der Waals surface area contributed by atoms with Crippen LogP contribution in [0, 0.1) is 5.92 Å². The Labute approximate surface area is 145 Å². The van der Waals surface area contributed by atoms with E-state index in [4.69, 9.17) is 4.74 Å². The highest BCUT2D eigenvalue weighted by Gasteiger charge is 2.00. The van der Waals surface area contributed by atoms with Gasteiger partial charge in [0.05, 0.1) is 6.61 Å². The number of nitrogens with one attached hydrogen (secondary N) is 2. The lowest BCUT2D eigenvalue weighted by molar-refractivity contribution is 0.185. The molecule has 4 nitrogen and oxygen atoms in total. The van der Waals surface area contributed by atoms with Gasteiger partial charge in [-0.25, -0.2) is 0 Å². The number of rotatable bonds is 7. The number of nitrogens with zero attached hydrogens (tertiary/aromatic N) is 1. The van der Waals surface area contributed by atoms with Crippen LogP contribution >= 0.6 is 24.0 Å². The number of hydrogen-bond acceptors (Lipinski definition) is 2. The summed E-state index contributed by atoms with van der Waals surface area (Å²) >= 11 is 0. The summed E-state index contributed by atoms with van der Waals surface area (Å²) in [5, 5.41) is 6.64. The van der Waals surface area contributed by atoms with Crippen molar-refractivity contribution in [2.75, 3.05) is 20.7 Å². The van der Waals surface area contributed by atoms with Gasteiger partial charge in [-0.2, -0.15) is 0 Å². The van der Waals surface area contributed by atoms with Gasteiger partial charge in [0.25, 0.3) is 0 Å². The minimum atomic E-state index is 0. The maximum absolute atomic E-state index is 5.10. The van der Waals surface area contributed by atoms with Gasteiger partial charge in [0.1, 0.15) is 0 Å². The third-order valence-corrected chi connectivity index (χ3v) is 3.03. The average Bonchev–Trinajstić information content (AvgIpc) is 2.44. The molecular formula is C16H28IN3O. The largest absolute Gasteiger partial charge is 0.380 e. The van der Waals surface area contributed by atoms with Crippen molar-refractivity contribution in [3.05, 3.63) is 35.4 Å². The minimum Gasteiger partial charge on any atom is -0.380 e. The molecule has 1 rings (SSSR count). The van der Waals surface area contributed by atoms with E-state index in [1.807, 2.05) is 0 Å². The number of aliphatic imine (C=N–C) groups is 1. The van der Waals surface area contributed by atoms with Gasteiger partial charge in [0.15, 0.2) is 5.96 Å². The Morgan fingerprint density at radius 1 is 1.14 bits per heavy atom. The molecule has 0 aliphatic rings. The molecule has 0 fully saturated rings. The van der Waals surface area contributed by atoms with E-state index >= 15 is 0 Å². The second kappa shape index (κ2) is 11.8. The van der Waals surface area contributed by atoms with Gasteiger partial charge < -0.3 is 15.4 Å². The van der Waals surface area contributed by atoms with E-state index in [0.29, 0.717) is 12.5 Å². The monoisotopic (exact) mass is 405 g/mol. The van der Waals surface area contributed by atoms with Crippen molar-refractivity contribution < 1.29 is 4.74 Å². The Morgan fingerprint density at radius 3 is 2.29 bits per heavy atom. The Kier molecular flexibility index (Phi) is 11.3. The van der Waals surface area contributed by atoms with Crippen LogP contribution in [-0.2, 0) is 17.9 Å². The highest BCUT2D eigenvalue weighted by Crippen LogP contribution is 2.05. The molecule has 0 atom stereocenters. The number of guanidine groups is 1. The predicted molar refractivity (Wildman–Crippen MR) is 100 cm³/mol. The number of benzene rings is 1. The number of ether oxygens (including phenoxy) is 1. The van der Waals surface area contributed by atoms with Crippen molar-refractivity contribution in [2.24, 2.45) is 10.9 Å². The predicted octanol–water partition coefficient (Wildman–Crippen LogP) is 3.16. The molecule has 0 unspecified atom stereocenters. The number of hydrogen-bond donors (Lipinski definition) is 2. The average molecular weight is 405 g/mol. The standard InChI is InChI=1S/C16H27N3O.HI/c1-13(2)9-10-18-16(17-3)19-11-14-5-7-15(8-6-14)12-20-4;/h5-8,13H,9-12H2,1-4H3,(H2,17,18,19);1H. The third-order valence-electron chi connectivity index (χ3n) is 3.03. The van der Waals surface area contributed by atoms with Crippen molar-refractivity contribution >= 4 is 29.9 Å². The summed E-state index contributed by atoms with van der Waals surface area (Å²) in [5.74, 6) is 1.56. The minimum absolute atomic E-state index is 0. The first kappa shape index (κ1) is 20.2. The molecule has 0 aromatic heterocycles. The van der Waals surface area contributed by atoms with Crippen molar-refractivity contribution in [3.8, 4) is 0 Å². The van der Waals surface area contributed by atoms with Gasteiger partial charge in [-0.05, 0) is 23.5 Å². The molecule has 0 aliphatic carbocycles. The van der Waals surface area contributed by atoms with Crippen molar-refractivity contribution in [1.82, 2.24) is 10.6 Å². The topological polar surface area (TPSA) is 45.7 Å². The highest BCUT2D eigenvalue weighted by molar-refractivity contribution is 14.0. The van der Waals surface area contributed by atoms with E-state index in [1.54, 1.807) is 14.2 Å². The zero-order chi connectivity index (χ0) is 14.8. The van der Waals surface area contributed by atoms with E-state index in [0.717, 1.165) is 25.5 Å². The zero-order valence-corrected chi connectivity index (χ0v) is 15.8. The first-order valence-corrected chi connectivity index (χ1v) is 7.17. The van der Waals surface area contributed by atoms with E-state index in [2.05, 4.69) is 53.7 Å². The quantitative estimate of drug-likeness (QED) is 0.416. The molecule has 5 heteroatoms. The summed E-state index contributed by atoms with van der Waals surface area (Å²) in [6.45, 7) is 6.82. The van der Waals surface area contributed by atoms with Crippen LogP contribution in [-0.4, -0.2) is 26.7 Å². The van der Waals surface area contributed by atoms with Crippen LogP contribution in [0.1, 0.15) is 31.4 Å². The first-order chi connectivity index (χ1) is 9.65. The van der Waals surface area contributed by atoms with E-state index in [1.165, 1.54) is 11.1 Å². The van der Waals surface area contributed by atoms with Crippen LogP contribution in [0.3, 0.4) is 0 Å². The molecule has 0 aliphatic heterocycles. The van der Waals surface area contributed by atoms with Gasteiger partial charge in [0.2, 0.25) is 0 Å². The lowest BCUT2D eigenvalue weighted by Gasteiger charge is -2.13. The Morgan fingerprint density at radius 2 is 1.76 bits per heavy atom. The molecule has 120 valence electrons. The summed E-state index contributed by atoms with van der Waals surface area (Å²) in [6, 6.07) is 8.41. The van der Waals surface area contributed by atoms with E-state index in [-0.39, 0.29) is 24.0 Å². The summed E-state index contributed by atoms with van der Waals surface area (Å²) < 4.78 is 5.10. The number of halogens is 1. The molecule has 21 heavy (non-hydrogen) atoms. The van der Waals surface area contributed by atoms with Crippen LogP contribution in [0.25, 0.3) is 0 Å². The molecule has 0 spiro atoms. The van der Waals surface area contributed by atoms with Gasteiger partial charge in [-0.1, -0.05) is 38.1 Å². The second-order valence-electron chi connectivity index (χ2n) is 5.28. The summed E-state index contributed by atoms with van der Waals surface area (Å²) in [5.41, 5.74) is 2.42. The summed E-state index contributed by atoms with van der Waals surface area (Å²) in [6.07, 6.45) is 1.15.